The fourth-order valence-corrected chi connectivity index (χ4v) is 4.60. The number of pyridine rings is 1. The molecule has 1 aliphatic rings. The minimum absolute atomic E-state index is 0.514. The zero-order valence-corrected chi connectivity index (χ0v) is 14.9. The van der Waals surface area contributed by atoms with E-state index in [0.29, 0.717) is 6.54 Å². The van der Waals surface area contributed by atoms with E-state index < -0.39 is 12.0 Å². The van der Waals surface area contributed by atoms with Crippen molar-refractivity contribution in [3.8, 4) is 0 Å². The number of hydrogen-bond acceptors (Lipinski definition) is 4. The van der Waals surface area contributed by atoms with E-state index in [1.165, 1.54) is 4.88 Å². The molecule has 1 unspecified atom stereocenters. The number of hydrogen-bond donors (Lipinski definition) is 1. The van der Waals surface area contributed by atoms with E-state index in [1.807, 2.05) is 22.4 Å². The molecule has 3 rings (SSSR count). The molecule has 0 fully saturated rings. The molecule has 0 aromatic carbocycles. The summed E-state index contributed by atoms with van der Waals surface area (Å²) in [7, 11) is 0. The third-order valence-corrected chi connectivity index (χ3v) is 5.65. The number of halogens is 2. The van der Waals surface area contributed by atoms with Gasteiger partial charge in [0.2, 0.25) is 0 Å². The molecule has 0 saturated carbocycles. The summed E-state index contributed by atoms with van der Waals surface area (Å²) in [6.45, 7) is 1.24. The molecular formula is C14H12Br2N2O2S. The Hall–Kier alpha value is -0.760. The van der Waals surface area contributed by atoms with Gasteiger partial charge in [0.25, 0.3) is 0 Å². The highest BCUT2D eigenvalue weighted by atomic mass is 79.9. The summed E-state index contributed by atoms with van der Waals surface area (Å²) in [4.78, 5) is 19.2. The average molecular weight is 432 g/mol. The molecule has 0 aliphatic carbocycles. The van der Waals surface area contributed by atoms with E-state index in [2.05, 4.69) is 36.8 Å². The molecule has 2 aromatic rings. The normalized spacial score (nSPS) is 18.5. The highest BCUT2D eigenvalue weighted by molar-refractivity contribution is 9.11. The van der Waals surface area contributed by atoms with Gasteiger partial charge >= 0.3 is 5.97 Å². The number of fused-ring (bicyclic) bond motifs is 1. The van der Waals surface area contributed by atoms with Gasteiger partial charge < -0.3 is 5.11 Å². The molecular weight excluding hydrogens is 420 g/mol. The van der Waals surface area contributed by atoms with Gasteiger partial charge in [-0.1, -0.05) is 0 Å². The third kappa shape index (κ3) is 3.06. The Kier molecular flexibility index (Phi) is 4.44. The SMILES string of the molecule is O=C(O)C1c2ccsc2CCN1Cc1ncc(Br)cc1Br. The molecule has 110 valence electrons. The maximum atomic E-state index is 11.7. The van der Waals surface area contributed by atoms with Gasteiger partial charge in [-0.05, 0) is 61.4 Å². The minimum atomic E-state index is -0.803. The largest absolute Gasteiger partial charge is 0.480 e. The van der Waals surface area contributed by atoms with Crippen LogP contribution in [0.15, 0.2) is 32.7 Å². The highest BCUT2D eigenvalue weighted by Crippen LogP contribution is 2.35. The maximum Gasteiger partial charge on any atom is 0.325 e. The van der Waals surface area contributed by atoms with Gasteiger partial charge in [0.1, 0.15) is 6.04 Å². The molecule has 0 bridgehead atoms. The van der Waals surface area contributed by atoms with Crippen LogP contribution in [0.5, 0.6) is 0 Å². The van der Waals surface area contributed by atoms with Crippen molar-refractivity contribution in [2.75, 3.05) is 6.54 Å². The van der Waals surface area contributed by atoms with Crippen LogP contribution in [0.3, 0.4) is 0 Å². The van der Waals surface area contributed by atoms with E-state index in [0.717, 1.165) is 33.2 Å². The molecule has 1 atom stereocenters. The lowest BCUT2D eigenvalue weighted by molar-refractivity contribution is -0.144. The summed E-state index contributed by atoms with van der Waals surface area (Å²) in [6, 6.07) is 3.27. The van der Waals surface area contributed by atoms with Crippen LogP contribution in [0, 0.1) is 0 Å². The standard InChI is InChI=1S/C14H12Br2N2O2S/c15-8-5-10(16)11(17-6-8)7-18-3-1-12-9(2-4-21-12)13(18)14(19)20/h2,4-6,13H,1,3,7H2,(H,19,20). The predicted octanol–water partition coefficient (Wildman–Crippen LogP) is 3.85. The van der Waals surface area contributed by atoms with Crippen molar-refractivity contribution >= 4 is 49.2 Å². The number of carboxylic acids is 1. The summed E-state index contributed by atoms with van der Waals surface area (Å²) >= 11 is 8.50. The first-order valence-corrected chi connectivity index (χ1v) is 8.86. The summed E-state index contributed by atoms with van der Waals surface area (Å²) < 4.78 is 1.78. The van der Waals surface area contributed by atoms with Gasteiger partial charge in [0, 0.05) is 33.1 Å². The Bertz CT molecular complexity index is 689. The van der Waals surface area contributed by atoms with E-state index in [9.17, 15) is 9.90 Å². The van der Waals surface area contributed by atoms with Crippen molar-refractivity contribution in [1.29, 1.82) is 0 Å². The Labute approximate surface area is 143 Å². The fraction of sp³-hybridized carbons (Fsp3) is 0.286. The minimum Gasteiger partial charge on any atom is -0.480 e. The second-order valence-corrected chi connectivity index (χ2v) is 7.61. The van der Waals surface area contributed by atoms with Crippen molar-refractivity contribution < 1.29 is 9.90 Å². The number of nitrogens with zero attached hydrogens (tertiary/aromatic N) is 2. The van der Waals surface area contributed by atoms with Crippen molar-refractivity contribution in [2.45, 2.75) is 19.0 Å². The van der Waals surface area contributed by atoms with Crippen LogP contribution >= 0.6 is 43.2 Å². The summed E-state index contributed by atoms with van der Waals surface area (Å²) in [5.41, 5.74) is 1.77. The lowest BCUT2D eigenvalue weighted by Gasteiger charge is -2.33. The van der Waals surface area contributed by atoms with Crippen molar-refractivity contribution in [1.82, 2.24) is 9.88 Å². The zero-order chi connectivity index (χ0) is 15.0. The number of rotatable bonds is 3. The van der Waals surface area contributed by atoms with Gasteiger partial charge in [0.05, 0.1) is 5.69 Å². The molecule has 0 saturated heterocycles. The smallest absolute Gasteiger partial charge is 0.325 e. The highest BCUT2D eigenvalue weighted by Gasteiger charge is 2.34. The number of carbonyl (C=O) groups is 1. The first-order valence-electron chi connectivity index (χ1n) is 6.39. The van der Waals surface area contributed by atoms with Gasteiger partial charge in [-0.15, -0.1) is 11.3 Å². The fourth-order valence-electron chi connectivity index (χ4n) is 2.58. The Morgan fingerprint density at radius 1 is 1.52 bits per heavy atom. The lowest BCUT2D eigenvalue weighted by atomic mass is 10.00. The molecule has 1 N–H and O–H groups in total. The Balaban J connectivity index is 1.90. The van der Waals surface area contributed by atoms with Crippen molar-refractivity contribution in [2.24, 2.45) is 0 Å². The van der Waals surface area contributed by atoms with Gasteiger partial charge in [0.15, 0.2) is 0 Å². The van der Waals surface area contributed by atoms with Crippen LogP contribution in [0.2, 0.25) is 0 Å². The molecule has 1 aliphatic heterocycles. The zero-order valence-electron chi connectivity index (χ0n) is 10.9. The van der Waals surface area contributed by atoms with E-state index in [4.69, 9.17) is 0 Å². The van der Waals surface area contributed by atoms with E-state index in [-0.39, 0.29) is 0 Å². The van der Waals surface area contributed by atoms with Gasteiger partial charge in [-0.25, -0.2) is 0 Å². The second-order valence-electron chi connectivity index (χ2n) is 4.84. The molecule has 4 nitrogen and oxygen atoms in total. The van der Waals surface area contributed by atoms with E-state index in [1.54, 1.807) is 17.5 Å². The maximum absolute atomic E-state index is 11.7. The number of aromatic nitrogens is 1. The van der Waals surface area contributed by atoms with Gasteiger partial charge in [-0.2, -0.15) is 0 Å². The lowest BCUT2D eigenvalue weighted by Crippen LogP contribution is -2.38. The quantitative estimate of drug-likeness (QED) is 0.801. The van der Waals surface area contributed by atoms with Crippen LogP contribution in [0.1, 0.15) is 22.2 Å². The van der Waals surface area contributed by atoms with Crippen molar-refractivity contribution in [3.05, 3.63) is 48.8 Å². The first kappa shape index (κ1) is 15.1. The van der Waals surface area contributed by atoms with Crippen LogP contribution in [-0.2, 0) is 17.8 Å². The molecule has 7 heteroatoms. The predicted molar refractivity (Wildman–Crippen MR) is 88.4 cm³/mol. The monoisotopic (exact) mass is 430 g/mol. The Morgan fingerprint density at radius 3 is 3.05 bits per heavy atom. The molecule has 0 amide bonds. The average Bonchev–Trinajstić information content (AvgIpc) is 2.89. The van der Waals surface area contributed by atoms with Crippen LogP contribution < -0.4 is 0 Å². The third-order valence-electron chi connectivity index (χ3n) is 3.54. The topological polar surface area (TPSA) is 53.4 Å². The van der Waals surface area contributed by atoms with Gasteiger partial charge in [-0.3, -0.25) is 14.7 Å². The summed E-state index contributed by atoms with van der Waals surface area (Å²) in [5, 5.41) is 11.6. The first-order chi connectivity index (χ1) is 10.1. The van der Waals surface area contributed by atoms with Crippen LogP contribution in [0.25, 0.3) is 0 Å². The van der Waals surface area contributed by atoms with Crippen LogP contribution in [0.4, 0.5) is 0 Å². The molecule has 0 spiro atoms. The molecule has 3 heterocycles. The van der Waals surface area contributed by atoms with Crippen LogP contribution in [-0.4, -0.2) is 27.5 Å². The number of aliphatic carboxylic acids is 1. The number of thiophene rings is 1. The van der Waals surface area contributed by atoms with Crippen molar-refractivity contribution in [3.63, 3.8) is 0 Å². The summed E-state index contributed by atoms with van der Waals surface area (Å²) in [6.07, 6.45) is 2.63. The second kappa shape index (κ2) is 6.16. The van der Waals surface area contributed by atoms with E-state index >= 15 is 0 Å². The molecule has 0 radical (unpaired) electrons. The Morgan fingerprint density at radius 2 is 2.33 bits per heavy atom. The molecule has 21 heavy (non-hydrogen) atoms. The molecule has 2 aromatic heterocycles. The summed E-state index contributed by atoms with van der Waals surface area (Å²) in [5.74, 6) is -0.803. The number of carboxylic acid groups (broad SMARTS) is 1.